The number of hydrogen-bond donors (Lipinski definition) is 1. The van der Waals surface area contributed by atoms with Gasteiger partial charge >= 0.3 is 0 Å². The third-order valence-electron chi connectivity index (χ3n) is 4.68. The van der Waals surface area contributed by atoms with E-state index in [1.54, 1.807) is 11.8 Å². The molecule has 1 aliphatic rings. The zero-order valence-corrected chi connectivity index (χ0v) is 14.8. The summed E-state index contributed by atoms with van der Waals surface area (Å²) < 4.78 is 5.27. The Hall–Kier alpha value is -2.25. The van der Waals surface area contributed by atoms with Crippen LogP contribution >= 0.6 is 0 Å². The van der Waals surface area contributed by atoms with Crippen molar-refractivity contribution in [2.24, 2.45) is 0 Å². The second-order valence-corrected chi connectivity index (χ2v) is 6.46. The lowest BCUT2D eigenvalue weighted by Gasteiger charge is -2.32. The van der Waals surface area contributed by atoms with E-state index < -0.39 is 12.1 Å². The van der Waals surface area contributed by atoms with E-state index in [1.165, 1.54) is 0 Å². The Kier molecular flexibility index (Phi) is 5.15. The molecule has 2 heterocycles. The molecule has 1 fully saturated rings. The minimum Gasteiger partial charge on any atom is -0.391 e. The number of aryl methyl sites for hydroxylation is 1. The highest BCUT2D eigenvalue weighted by molar-refractivity contribution is 5.84. The average Bonchev–Trinajstić information content (AvgIpc) is 3.21. The second-order valence-electron chi connectivity index (χ2n) is 6.46. The molecule has 1 aliphatic heterocycles. The number of rotatable bonds is 5. The van der Waals surface area contributed by atoms with Gasteiger partial charge in [-0.15, -0.1) is 0 Å². The molecule has 0 bridgehead atoms. The molecule has 25 heavy (non-hydrogen) atoms. The number of carbonyl (C=O) groups excluding carboxylic acids is 1. The molecule has 7 heteroatoms. The van der Waals surface area contributed by atoms with Crippen LogP contribution in [0.15, 0.2) is 34.9 Å². The lowest BCUT2D eigenvalue weighted by Crippen LogP contribution is -2.42. The molecule has 1 aromatic heterocycles. The maximum absolute atomic E-state index is 13.4. The van der Waals surface area contributed by atoms with E-state index in [9.17, 15) is 9.90 Å². The van der Waals surface area contributed by atoms with Crippen LogP contribution in [0.3, 0.4) is 0 Å². The van der Waals surface area contributed by atoms with Crippen LogP contribution in [0.2, 0.25) is 0 Å². The number of benzene rings is 1. The Balaban J connectivity index is 1.92. The first-order chi connectivity index (χ1) is 12.0. The molecule has 2 aromatic rings. The smallest absolute Gasteiger partial charge is 0.249 e. The summed E-state index contributed by atoms with van der Waals surface area (Å²) in [4.78, 5) is 21.3. The summed E-state index contributed by atoms with van der Waals surface area (Å²) in [7, 11) is 1.92. The van der Waals surface area contributed by atoms with Crippen molar-refractivity contribution >= 4 is 5.91 Å². The average molecular weight is 344 g/mol. The van der Waals surface area contributed by atoms with Crippen LogP contribution in [0, 0.1) is 6.92 Å². The number of nitrogens with zero attached hydrogens (tertiary/aromatic N) is 4. The van der Waals surface area contributed by atoms with Crippen molar-refractivity contribution in [3.63, 3.8) is 0 Å². The normalized spacial score (nSPS) is 21.7. The summed E-state index contributed by atoms with van der Waals surface area (Å²) in [5.41, 5.74) is 0.929. The highest BCUT2D eigenvalue weighted by atomic mass is 16.5. The van der Waals surface area contributed by atoms with Crippen molar-refractivity contribution < 1.29 is 14.4 Å². The summed E-state index contributed by atoms with van der Waals surface area (Å²) in [6.45, 7) is 4.75. The minimum absolute atomic E-state index is 0.0621. The van der Waals surface area contributed by atoms with Crippen LogP contribution < -0.4 is 0 Å². The van der Waals surface area contributed by atoms with Gasteiger partial charge in [0.2, 0.25) is 11.8 Å². The van der Waals surface area contributed by atoms with Crippen LogP contribution in [-0.4, -0.2) is 57.2 Å². The van der Waals surface area contributed by atoms with Crippen molar-refractivity contribution in [1.82, 2.24) is 19.9 Å². The van der Waals surface area contributed by atoms with Gasteiger partial charge in [-0.2, -0.15) is 4.98 Å². The molecule has 0 saturated carbocycles. The first-order valence-electron chi connectivity index (χ1n) is 8.55. The minimum atomic E-state index is -0.593. The molecule has 0 radical (unpaired) electrons. The largest absolute Gasteiger partial charge is 0.391 e. The zero-order valence-electron chi connectivity index (χ0n) is 14.8. The van der Waals surface area contributed by atoms with Crippen molar-refractivity contribution in [2.75, 3.05) is 20.1 Å². The highest BCUT2D eigenvalue weighted by Gasteiger charge is 2.42. The quantitative estimate of drug-likeness (QED) is 0.889. The zero-order chi connectivity index (χ0) is 18.0. The van der Waals surface area contributed by atoms with E-state index in [0.29, 0.717) is 18.1 Å². The third kappa shape index (κ3) is 3.57. The standard InChI is InChI=1S/C18H24N4O3/c1-4-21(3)16(13-8-6-5-7-9-13)18(24)22-11-14(23)10-15(22)17-19-12(2)20-25-17/h5-9,14-16,23H,4,10-11H2,1-3H3/t14-,15-,16+/m1/s1. The van der Waals surface area contributed by atoms with Crippen molar-refractivity contribution in [1.29, 1.82) is 0 Å². The van der Waals surface area contributed by atoms with Gasteiger partial charge in [0.25, 0.3) is 0 Å². The van der Waals surface area contributed by atoms with Gasteiger partial charge in [0, 0.05) is 13.0 Å². The lowest BCUT2D eigenvalue weighted by atomic mass is 10.0. The number of β-amino-alcohol motifs (C(OH)–C–C–N with tert-alkyl or cyclic N) is 1. The van der Waals surface area contributed by atoms with E-state index >= 15 is 0 Å². The first-order valence-corrected chi connectivity index (χ1v) is 8.55. The predicted octanol–water partition coefficient (Wildman–Crippen LogP) is 1.71. The fourth-order valence-corrected chi connectivity index (χ4v) is 3.30. The van der Waals surface area contributed by atoms with E-state index in [0.717, 1.165) is 12.1 Å². The molecule has 0 spiro atoms. The summed E-state index contributed by atoms with van der Waals surface area (Å²) >= 11 is 0. The molecule has 1 amide bonds. The molecule has 1 saturated heterocycles. The van der Waals surface area contributed by atoms with Crippen molar-refractivity contribution in [2.45, 2.75) is 38.5 Å². The van der Waals surface area contributed by atoms with E-state index in [-0.39, 0.29) is 18.5 Å². The Labute approximate surface area is 147 Å². The number of likely N-dealkylation sites (N-methyl/N-ethyl adjacent to an activating group) is 1. The van der Waals surface area contributed by atoms with Crippen LogP contribution in [0.25, 0.3) is 0 Å². The van der Waals surface area contributed by atoms with Crippen molar-refractivity contribution in [3.8, 4) is 0 Å². The van der Waals surface area contributed by atoms with Crippen LogP contribution in [0.4, 0.5) is 0 Å². The number of amides is 1. The van der Waals surface area contributed by atoms with Gasteiger partial charge < -0.3 is 14.5 Å². The number of aliphatic hydroxyl groups is 1. The number of aliphatic hydroxyl groups excluding tert-OH is 1. The highest BCUT2D eigenvalue weighted by Crippen LogP contribution is 2.34. The molecule has 1 N–H and O–H groups in total. The molecule has 0 aliphatic carbocycles. The Morgan fingerprint density at radius 2 is 2.16 bits per heavy atom. The fourth-order valence-electron chi connectivity index (χ4n) is 3.30. The summed E-state index contributed by atoms with van der Waals surface area (Å²) in [6, 6.07) is 8.89. The molecule has 1 aromatic carbocycles. The fraction of sp³-hybridized carbons (Fsp3) is 0.500. The maximum atomic E-state index is 13.4. The first kappa shape index (κ1) is 17.6. The molecule has 134 valence electrons. The number of hydrogen-bond acceptors (Lipinski definition) is 6. The summed E-state index contributed by atoms with van der Waals surface area (Å²) in [6.07, 6.45) is -0.186. The number of aromatic nitrogens is 2. The monoisotopic (exact) mass is 344 g/mol. The summed E-state index contributed by atoms with van der Waals surface area (Å²) in [5.74, 6) is 0.843. The maximum Gasteiger partial charge on any atom is 0.249 e. The number of likely N-dealkylation sites (tertiary alicyclic amines) is 1. The molecule has 3 rings (SSSR count). The van der Waals surface area contributed by atoms with Crippen LogP contribution in [-0.2, 0) is 4.79 Å². The van der Waals surface area contributed by atoms with Gasteiger partial charge in [-0.3, -0.25) is 9.69 Å². The molecule has 0 unspecified atom stereocenters. The Morgan fingerprint density at radius 1 is 1.44 bits per heavy atom. The SMILES string of the molecule is CCN(C)[C@H](C(=O)N1C[C@H](O)C[C@@H]1c1nc(C)no1)c1ccccc1. The van der Waals surface area contributed by atoms with Gasteiger partial charge in [-0.05, 0) is 26.1 Å². The summed E-state index contributed by atoms with van der Waals surface area (Å²) in [5, 5.41) is 14.0. The van der Waals surface area contributed by atoms with E-state index in [1.807, 2.05) is 49.2 Å². The predicted molar refractivity (Wildman–Crippen MR) is 91.6 cm³/mol. The van der Waals surface area contributed by atoms with Gasteiger partial charge in [-0.1, -0.05) is 42.4 Å². The van der Waals surface area contributed by atoms with Crippen molar-refractivity contribution in [3.05, 3.63) is 47.6 Å². The lowest BCUT2D eigenvalue weighted by molar-refractivity contribution is -0.138. The second kappa shape index (κ2) is 7.33. The molecule has 7 nitrogen and oxygen atoms in total. The molecular weight excluding hydrogens is 320 g/mol. The van der Waals surface area contributed by atoms with E-state index in [2.05, 4.69) is 10.1 Å². The Bertz CT molecular complexity index is 718. The van der Waals surface area contributed by atoms with Crippen LogP contribution in [0.1, 0.15) is 42.7 Å². The van der Waals surface area contributed by atoms with Gasteiger partial charge in [0.15, 0.2) is 5.82 Å². The topological polar surface area (TPSA) is 82.7 Å². The van der Waals surface area contributed by atoms with Crippen LogP contribution in [0.5, 0.6) is 0 Å². The number of carbonyl (C=O) groups is 1. The van der Waals surface area contributed by atoms with Gasteiger partial charge in [-0.25, -0.2) is 0 Å². The van der Waals surface area contributed by atoms with Gasteiger partial charge in [0.05, 0.1) is 6.10 Å². The van der Waals surface area contributed by atoms with E-state index in [4.69, 9.17) is 4.52 Å². The van der Waals surface area contributed by atoms with Gasteiger partial charge in [0.1, 0.15) is 12.1 Å². The Morgan fingerprint density at radius 3 is 2.76 bits per heavy atom. The molecular formula is C18H24N4O3. The molecule has 3 atom stereocenters. The third-order valence-corrected chi connectivity index (χ3v) is 4.68.